The number of aromatic nitrogens is 2. The van der Waals surface area contributed by atoms with Crippen molar-refractivity contribution >= 4 is 11.8 Å². The number of carbonyl (C=O) groups is 2. The van der Waals surface area contributed by atoms with Crippen molar-refractivity contribution in [3.63, 3.8) is 0 Å². The highest BCUT2D eigenvalue weighted by Crippen LogP contribution is 2.56. The lowest BCUT2D eigenvalue weighted by Crippen LogP contribution is -2.62. The van der Waals surface area contributed by atoms with Crippen LogP contribution < -0.4 is 0 Å². The van der Waals surface area contributed by atoms with Crippen molar-refractivity contribution in [2.45, 2.75) is 96.3 Å². The van der Waals surface area contributed by atoms with E-state index in [1.165, 1.54) is 5.56 Å². The van der Waals surface area contributed by atoms with Crippen LogP contribution in [-0.4, -0.2) is 56.0 Å². The number of carbonyl (C=O) groups excluding carboxylic acids is 2. The van der Waals surface area contributed by atoms with Gasteiger partial charge in [-0.25, -0.2) is 0 Å². The molecule has 0 spiro atoms. The number of rotatable bonds is 3. The molecule has 5 atom stereocenters. The van der Waals surface area contributed by atoms with Crippen molar-refractivity contribution in [3.05, 3.63) is 53.3 Å². The zero-order valence-corrected chi connectivity index (χ0v) is 20.5. The number of benzene rings is 1. The Bertz CT molecular complexity index is 1060. The smallest absolute Gasteiger partial charge is 0.274 e. The lowest BCUT2D eigenvalue weighted by atomic mass is 9.64. The molecule has 3 aliphatic rings. The maximum atomic E-state index is 14.0. The SMILES string of the molecule is CC(=O)N1[C@@H](Cc2ccccc2)[C@@H]2C[C@@]3(C)[C@H](CCC[C@@H]13)N2C(=O)c1cc(C(C)(C)C)[nH]n1. The number of hydrogen-bond acceptors (Lipinski definition) is 3. The Hall–Kier alpha value is -2.63. The minimum atomic E-state index is -0.102. The van der Waals surface area contributed by atoms with Gasteiger partial charge in [-0.3, -0.25) is 14.7 Å². The Morgan fingerprint density at radius 3 is 2.39 bits per heavy atom. The number of nitrogens with zero attached hydrogens (tertiary/aromatic N) is 3. The maximum Gasteiger partial charge on any atom is 0.274 e. The van der Waals surface area contributed by atoms with Gasteiger partial charge in [0.1, 0.15) is 5.69 Å². The first-order valence-electron chi connectivity index (χ1n) is 12.3. The third-order valence-electron chi connectivity index (χ3n) is 8.45. The molecule has 1 aromatic heterocycles. The Labute approximate surface area is 196 Å². The van der Waals surface area contributed by atoms with E-state index < -0.39 is 0 Å². The Morgan fingerprint density at radius 2 is 1.79 bits per heavy atom. The molecule has 2 saturated heterocycles. The number of nitrogens with one attached hydrogen (secondary N) is 1. The molecule has 176 valence electrons. The Balaban J connectivity index is 1.56. The second-order valence-electron chi connectivity index (χ2n) is 11.6. The minimum Gasteiger partial charge on any atom is -0.334 e. The summed E-state index contributed by atoms with van der Waals surface area (Å²) in [6.45, 7) is 10.4. The van der Waals surface area contributed by atoms with E-state index in [4.69, 9.17) is 0 Å². The summed E-state index contributed by atoms with van der Waals surface area (Å²) in [5, 5.41) is 7.53. The van der Waals surface area contributed by atoms with Gasteiger partial charge in [0, 0.05) is 35.5 Å². The zero-order valence-electron chi connectivity index (χ0n) is 20.5. The van der Waals surface area contributed by atoms with Gasteiger partial charge in [-0.05, 0) is 43.7 Å². The maximum absolute atomic E-state index is 14.0. The monoisotopic (exact) mass is 448 g/mol. The van der Waals surface area contributed by atoms with Gasteiger partial charge in [0.05, 0.1) is 12.1 Å². The summed E-state index contributed by atoms with van der Waals surface area (Å²) in [6.07, 6.45) is 4.77. The van der Waals surface area contributed by atoms with Crippen molar-refractivity contribution in [1.29, 1.82) is 0 Å². The summed E-state index contributed by atoms with van der Waals surface area (Å²) in [6, 6.07) is 12.6. The number of amides is 2. The number of piperidine rings is 1. The summed E-state index contributed by atoms with van der Waals surface area (Å²) in [4.78, 5) is 31.3. The third-order valence-corrected chi connectivity index (χ3v) is 8.45. The third kappa shape index (κ3) is 3.49. The molecule has 2 aliphatic heterocycles. The molecule has 6 nitrogen and oxygen atoms in total. The average molecular weight is 449 g/mol. The van der Waals surface area contributed by atoms with Crippen molar-refractivity contribution in [3.8, 4) is 0 Å². The van der Waals surface area contributed by atoms with E-state index in [0.29, 0.717) is 5.69 Å². The summed E-state index contributed by atoms with van der Waals surface area (Å²) in [5.41, 5.74) is 2.50. The second-order valence-corrected chi connectivity index (χ2v) is 11.6. The average Bonchev–Trinajstić information content (AvgIpc) is 3.36. The molecule has 3 fully saturated rings. The molecule has 2 bridgehead atoms. The van der Waals surface area contributed by atoms with Crippen LogP contribution >= 0.6 is 0 Å². The van der Waals surface area contributed by atoms with E-state index in [-0.39, 0.29) is 46.8 Å². The fourth-order valence-electron chi connectivity index (χ4n) is 6.87. The van der Waals surface area contributed by atoms with Crippen LogP contribution in [0.3, 0.4) is 0 Å². The molecule has 1 N–H and O–H groups in total. The van der Waals surface area contributed by atoms with Crippen LogP contribution in [0.1, 0.15) is 82.0 Å². The van der Waals surface area contributed by atoms with Crippen LogP contribution in [0.4, 0.5) is 0 Å². The number of likely N-dealkylation sites (tertiary alicyclic amines) is 2. The first-order valence-corrected chi connectivity index (χ1v) is 12.3. The van der Waals surface area contributed by atoms with Crippen molar-refractivity contribution in [1.82, 2.24) is 20.0 Å². The number of aromatic amines is 1. The first-order chi connectivity index (χ1) is 15.6. The van der Waals surface area contributed by atoms with Gasteiger partial charge in [-0.15, -0.1) is 0 Å². The fourth-order valence-corrected chi connectivity index (χ4v) is 6.87. The van der Waals surface area contributed by atoms with Crippen LogP contribution in [0.5, 0.6) is 0 Å². The van der Waals surface area contributed by atoms with E-state index >= 15 is 0 Å². The molecule has 3 heterocycles. The molecule has 1 aromatic carbocycles. The topological polar surface area (TPSA) is 69.3 Å². The molecule has 0 radical (unpaired) electrons. The largest absolute Gasteiger partial charge is 0.334 e. The normalized spacial score (nSPS) is 31.1. The molecule has 5 rings (SSSR count). The van der Waals surface area contributed by atoms with Gasteiger partial charge in [0.25, 0.3) is 5.91 Å². The highest BCUT2D eigenvalue weighted by molar-refractivity contribution is 5.93. The summed E-state index contributed by atoms with van der Waals surface area (Å²) < 4.78 is 0. The van der Waals surface area contributed by atoms with Gasteiger partial charge >= 0.3 is 0 Å². The van der Waals surface area contributed by atoms with E-state index in [0.717, 1.165) is 37.8 Å². The molecule has 33 heavy (non-hydrogen) atoms. The molecule has 0 unspecified atom stereocenters. The van der Waals surface area contributed by atoms with Gasteiger partial charge in [-0.1, -0.05) is 58.0 Å². The predicted molar refractivity (Wildman–Crippen MR) is 128 cm³/mol. The zero-order chi connectivity index (χ0) is 23.5. The molecule has 1 saturated carbocycles. The lowest BCUT2D eigenvalue weighted by molar-refractivity contribution is -0.142. The first kappa shape index (κ1) is 22.2. The van der Waals surface area contributed by atoms with E-state index in [1.54, 1.807) is 6.92 Å². The molecule has 1 aliphatic carbocycles. The van der Waals surface area contributed by atoms with Crippen molar-refractivity contribution in [2.75, 3.05) is 0 Å². The molecule has 2 aromatic rings. The van der Waals surface area contributed by atoms with Gasteiger partial charge < -0.3 is 9.80 Å². The Morgan fingerprint density at radius 1 is 1.12 bits per heavy atom. The molecular weight excluding hydrogens is 412 g/mol. The predicted octanol–water partition coefficient (Wildman–Crippen LogP) is 4.32. The fraction of sp³-hybridized carbons (Fsp3) is 0.593. The van der Waals surface area contributed by atoms with Crippen molar-refractivity contribution in [2.24, 2.45) is 5.41 Å². The molecule has 2 amide bonds. The van der Waals surface area contributed by atoms with E-state index in [1.807, 2.05) is 24.3 Å². The quantitative estimate of drug-likeness (QED) is 0.760. The van der Waals surface area contributed by atoms with Gasteiger partial charge in [0.2, 0.25) is 5.91 Å². The lowest BCUT2D eigenvalue weighted by Gasteiger charge is -2.52. The summed E-state index contributed by atoms with van der Waals surface area (Å²) in [5.74, 6) is 0.131. The highest BCUT2D eigenvalue weighted by atomic mass is 16.2. The standard InChI is InChI=1S/C27H36N4O2/c1-17(32)30-20(14-18-10-7-6-8-11-18)21-16-27(5)23(30)12-9-13-24(27)31(21)25(33)19-15-22(29-28-19)26(2,3)4/h6-8,10-11,15,20-21,23-24H,9,12-14,16H2,1-5H3,(H,28,29)/t20-,21-,23+,24-,27+/m0/s1. The Kier molecular flexibility index (Phi) is 5.18. The second kappa shape index (κ2) is 7.71. The minimum absolute atomic E-state index is 0.000688. The van der Waals surface area contributed by atoms with Crippen molar-refractivity contribution < 1.29 is 9.59 Å². The summed E-state index contributed by atoms with van der Waals surface area (Å²) >= 11 is 0. The van der Waals surface area contributed by atoms with Crippen LogP contribution in [0.15, 0.2) is 36.4 Å². The van der Waals surface area contributed by atoms with Crippen LogP contribution in [0, 0.1) is 5.41 Å². The van der Waals surface area contributed by atoms with Crippen LogP contribution in [0.25, 0.3) is 0 Å². The number of H-pyrrole nitrogens is 1. The molecule has 6 heteroatoms. The number of hydrogen-bond donors (Lipinski definition) is 1. The highest BCUT2D eigenvalue weighted by Gasteiger charge is 2.64. The summed E-state index contributed by atoms with van der Waals surface area (Å²) in [7, 11) is 0. The van der Waals surface area contributed by atoms with E-state index in [9.17, 15) is 9.59 Å². The van der Waals surface area contributed by atoms with E-state index in [2.05, 4.69) is 59.8 Å². The van der Waals surface area contributed by atoms with Gasteiger partial charge in [0.15, 0.2) is 0 Å². The van der Waals surface area contributed by atoms with Crippen LogP contribution in [-0.2, 0) is 16.6 Å². The van der Waals surface area contributed by atoms with Crippen LogP contribution in [0.2, 0.25) is 0 Å². The molecular formula is C27H36N4O2. The van der Waals surface area contributed by atoms with Gasteiger partial charge in [-0.2, -0.15) is 5.10 Å². The number of fused-ring (bicyclic) bond motifs is 1.